The average Bonchev–Trinajstić information content (AvgIpc) is 2.47. The fourth-order valence-corrected chi connectivity index (χ4v) is 2.84. The molecule has 0 bridgehead atoms. The lowest BCUT2D eigenvalue weighted by Gasteiger charge is -2.32. The number of likely N-dealkylation sites (tertiary alicyclic amines) is 1. The molecule has 21 heavy (non-hydrogen) atoms. The van der Waals surface area contributed by atoms with Crippen molar-refractivity contribution in [3.63, 3.8) is 0 Å². The van der Waals surface area contributed by atoms with Crippen LogP contribution in [0.2, 0.25) is 5.02 Å². The van der Waals surface area contributed by atoms with Gasteiger partial charge in [0.25, 0.3) is 0 Å². The van der Waals surface area contributed by atoms with Gasteiger partial charge >= 0.3 is 0 Å². The maximum atomic E-state index is 12.2. The summed E-state index contributed by atoms with van der Waals surface area (Å²) >= 11 is 5.91. The number of benzene rings is 1. The van der Waals surface area contributed by atoms with E-state index in [4.69, 9.17) is 11.6 Å². The number of nitrogens with zero attached hydrogens (tertiary/aromatic N) is 1. The van der Waals surface area contributed by atoms with Crippen LogP contribution >= 0.6 is 11.6 Å². The smallest absolute Gasteiger partial charge is 0.224 e. The van der Waals surface area contributed by atoms with Gasteiger partial charge in [-0.3, -0.25) is 9.69 Å². The number of amides is 1. The Labute approximate surface area is 132 Å². The third kappa shape index (κ3) is 5.33. The molecule has 1 aliphatic heterocycles. The zero-order valence-electron chi connectivity index (χ0n) is 12.9. The van der Waals surface area contributed by atoms with Crippen molar-refractivity contribution in [1.29, 1.82) is 0 Å². The van der Waals surface area contributed by atoms with Crippen LogP contribution in [0.3, 0.4) is 0 Å². The van der Waals surface area contributed by atoms with Crippen LogP contribution in [0.4, 0.5) is 0 Å². The van der Waals surface area contributed by atoms with Crippen molar-refractivity contribution >= 4 is 17.5 Å². The number of piperidine rings is 1. The molecule has 3 nitrogen and oxygen atoms in total. The molecule has 0 saturated carbocycles. The zero-order chi connectivity index (χ0) is 15.2. The fourth-order valence-electron chi connectivity index (χ4n) is 2.71. The molecule has 1 heterocycles. The summed E-state index contributed by atoms with van der Waals surface area (Å²) < 4.78 is 0. The second-order valence-corrected chi connectivity index (χ2v) is 6.78. The third-order valence-corrected chi connectivity index (χ3v) is 4.13. The van der Waals surface area contributed by atoms with Crippen LogP contribution in [0.5, 0.6) is 0 Å². The van der Waals surface area contributed by atoms with E-state index in [1.54, 1.807) is 0 Å². The van der Waals surface area contributed by atoms with Crippen LogP contribution in [0.1, 0.15) is 32.3 Å². The Morgan fingerprint density at radius 1 is 1.38 bits per heavy atom. The van der Waals surface area contributed by atoms with Gasteiger partial charge in [-0.2, -0.15) is 0 Å². The summed E-state index contributed by atoms with van der Waals surface area (Å²) in [6, 6.07) is 7.97. The predicted molar refractivity (Wildman–Crippen MR) is 87.3 cm³/mol. The summed E-state index contributed by atoms with van der Waals surface area (Å²) in [4.78, 5) is 14.6. The quantitative estimate of drug-likeness (QED) is 0.905. The Hall–Kier alpha value is -1.06. The van der Waals surface area contributed by atoms with E-state index >= 15 is 0 Å². The highest BCUT2D eigenvalue weighted by molar-refractivity contribution is 6.30. The molecule has 1 N–H and O–H groups in total. The standard InChI is InChI=1S/C17H25ClN2O/c1-13(2)10-19-17(21)15-4-3-9-20(12-15)11-14-5-7-16(18)8-6-14/h5-8,13,15H,3-4,9-12H2,1-2H3,(H,19,21). The monoisotopic (exact) mass is 308 g/mol. The second-order valence-electron chi connectivity index (χ2n) is 6.34. The van der Waals surface area contributed by atoms with Crippen molar-refractivity contribution in [1.82, 2.24) is 10.2 Å². The van der Waals surface area contributed by atoms with Crippen LogP contribution in [-0.2, 0) is 11.3 Å². The first-order valence-electron chi connectivity index (χ1n) is 7.79. The molecule has 0 aliphatic carbocycles. The lowest BCUT2D eigenvalue weighted by atomic mass is 9.96. The minimum atomic E-state index is 0.129. The molecule has 1 amide bonds. The van der Waals surface area contributed by atoms with Crippen molar-refractivity contribution in [2.45, 2.75) is 33.2 Å². The van der Waals surface area contributed by atoms with E-state index in [1.165, 1.54) is 5.56 Å². The van der Waals surface area contributed by atoms with Crippen LogP contribution in [0.25, 0.3) is 0 Å². The molecule has 2 rings (SSSR count). The lowest BCUT2D eigenvalue weighted by molar-refractivity contribution is -0.126. The molecule has 4 heteroatoms. The number of nitrogens with one attached hydrogen (secondary N) is 1. The van der Waals surface area contributed by atoms with Gasteiger partial charge in [0, 0.05) is 24.7 Å². The Kier molecular flexibility index (Phi) is 6.07. The van der Waals surface area contributed by atoms with E-state index in [-0.39, 0.29) is 11.8 Å². The van der Waals surface area contributed by atoms with E-state index in [2.05, 4.69) is 36.2 Å². The molecule has 1 unspecified atom stereocenters. The SMILES string of the molecule is CC(C)CNC(=O)C1CCCN(Cc2ccc(Cl)cc2)C1. The van der Waals surface area contributed by atoms with E-state index in [0.717, 1.165) is 44.0 Å². The molecule has 1 saturated heterocycles. The average molecular weight is 309 g/mol. The molecule has 1 aliphatic rings. The molecule has 0 radical (unpaired) electrons. The molecule has 1 aromatic carbocycles. The Balaban J connectivity index is 1.85. The number of hydrogen-bond acceptors (Lipinski definition) is 2. The number of carbonyl (C=O) groups is 1. The molecule has 116 valence electrons. The van der Waals surface area contributed by atoms with Crippen molar-refractivity contribution < 1.29 is 4.79 Å². The van der Waals surface area contributed by atoms with Gasteiger partial charge in [-0.15, -0.1) is 0 Å². The number of hydrogen-bond donors (Lipinski definition) is 1. The van der Waals surface area contributed by atoms with E-state index in [9.17, 15) is 4.79 Å². The molecular formula is C17H25ClN2O. The van der Waals surface area contributed by atoms with Gasteiger partial charge in [0.05, 0.1) is 5.92 Å². The van der Waals surface area contributed by atoms with E-state index in [1.807, 2.05) is 12.1 Å². The molecule has 1 atom stereocenters. The minimum Gasteiger partial charge on any atom is -0.356 e. The van der Waals surface area contributed by atoms with Crippen molar-refractivity contribution in [3.8, 4) is 0 Å². The number of halogens is 1. The number of rotatable bonds is 5. The number of carbonyl (C=O) groups excluding carboxylic acids is 1. The zero-order valence-corrected chi connectivity index (χ0v) is 13.7. The van der Waals surface area contributed by atoms with Crippen LogP contribution in [0.15, 0.2) is 24.3 Å². The minimum absolute atomic E-state index is 0.129. The summed E-state index contributed by atoms with van der Waals surface area (Å²) in [6.07, 6.45) is 2.09. The van der Waals surface area contributed by atoms with Crippen molar-refractivity contribution in [2.75, 3.05) is 19.6 Å². The Bertz CT molecular complexity index is 458. The highest BCUT2D eigenvalue weighted by Gasteiger charge is 2.25. The molecule has 0 spiro atoms. The summed E-state index contributed by atoms with van der Waals surface area (Å²) in [5.74, 6) is 0.844. The van der Waals surface area contributed by atoms with Gasteiger partial charge in [0.1, 0.15) is 0 Å². The summed E-state index contributed by atoms with van der Waals surface area (Å²) in [5.41, 5.74) is 1.25. The van der Waals surface area contributed by atoms with Crippen LogP contribution in [-0.4, -0.2) is 30.4 Å². The highest BCUT2D eigenvalue weighted by Crippen LogP contribution is 2.19. The van der Waals surface area contributed by atoms with Gasteiger partial charge < -0.3 is 5.32 Å². The van der Waals surface area contributed by atoms with Crippen molar-refractivity contribution in [3.05, 3.63) is 34.9 Å². The molecular weight excluding hydrogens is 284 g/mol. The van der Waals surface area contributed by atoms with Crippen LogP contribution < -0.4 is 5.32 Å². The van der Waals surface area contributed by atoms with Gasteiger partial charge in [0.2, 0.25) is 5.91 Å². The second kappa shape index (κ2) is 7.81. The van der Waals surface area contributed by atoms with Gasteiger partial charge in [-0.1, -0.05) is 37.6 Å². The molecule has 0 aromatic heterocycles. The van der Waals surface area contributed by atoms with Gasteiger partial charge in [-0.25, -0.2) is 0 Å². The molecule has 1 fully saturated rings. The summed E-state index contributed by atoms with van der Waals surface area (Å²) in [6.45, 7) is 7.82. The maximum Gasteiger partial charge on any atom is 0.224 e. The highest BCUT2D eigenvalue weighted by atomic mass is 35.5. The predicted octanol–water partition coefficient (Wildman–Crippen LogP) is 3.32. The fraction of sp³-hybridized carbons (Fsp3) is 0.588. The topological polar surface area (TPSA) is 32.3 Å². The first-order chi connectivity index (χ1) is 10.0. The van der Waals surface area contributed by atoms with E-state index in [0.29, 0.717) is 5.92 Å². The van der Waals surface area contributed by atoms with Crippen molar-refractivity contribution in [2.24, 2.45) is 11.8 Å². The molecule has 1 aromatic rings. The van der Waals surface area contributed by atoms with Gasteiger partial charge in [0.15, 0.2) is 0 Å². The van der Waals surface area contributed by atoms with Crippen LogP contribution in [0, 0.1) is 11.8 Å². The summed E-state index contributed by atoms with van der Waals surface area (Å²) in [5, 5.41) is 3.83. The third-order valence-electron chi connectivity index (χ3n) is 3.88. The first kappa shape index (κ1) is 16.3. The van der Waals surface area contributed by atoms with E-state index < -0.39 is 0 Å². The summed E-state index contributed by atoms with van der Waals surface area (Å²) in [7, 11) is 0. The maximum absolute atomic E-state index is 12.2. The lowest BCUT2D eigenvalue weighted by Crippen LogP contribution is -2.43. The largest absolute Gasteiger partial charge is 0.356 e. The van der Waals surface area contributed by atoms with Gasteiger partial charge in [-0.05, 0) is 43.0 Å². The Morgan fingerprint density at radius 2 is 2.10 bits per heavy atom. The normalized spacial score (nSPS) is 19.7. The first-order valence-corrected chi connectivity index (χ1v) is 8.17. The Morgan fingerprint density at radius 3 is 2.76 bits per heavy atom.